The Kier molecular flexibility index (Phi) is 7.05. The van der Waals surface area contributed by atoms with Gasteiger partial charge in [-0.3, -0.25) is 4.31 Å². The van der Waals surface area contributed by atoms with Crippen LogP contribution in [0, 0.1) is 18.8 Å². The molecule has 4 nitrogen and oxygen atoms in total. The van der Waals surface area contributed by atoms with Crippen molar-refractivity contribution < 1.29 is 8.42 Å². The number of rotatable bonds is 11. The topological polar surface area (TPSA) is 40.6 Å². The maximum atomic E-state index is 13.4. The van der Waals surface area contributed by atoms with Crippen molar-refractivity contribution in [2.75, 3.05) is 36.2 Å². The molecule has 2 aromatic rings. The van der Waals surface area contributed by atoms with E-state index in [0.29, 0.717) is 24.9 Å². The van der Waals surface area contributed by atoms with Crippen LogP contribution >= 0.6 is 11.3 Å². The largest absolute Gasteiger partial charge is 0.302 e. The van der Waals surface area contributed by atoms with Crippen LogP contribution < -0.4 is 4.31 Å². The summed E-state index contributed by atoms with van der Waals surface area (Å²) in [6, 6.07) is 8.23. The quantitative estimate of drug-likeness (QED) is 0.504. The zero-order valence-electron chi connectivity index (χ0n) is 17.6. The lowest BCUT2D eigenvalue weighted by Gasteiger charge is -2.27. The summed E-state index contributed by atoms with van der Waals surface area (Å²) in [7, 11) is -3.35. The first kappa shape index (κ1) is 21.6. The monoisotopic (exact) mass is 422 g/mol. The maximum absolute atomic E-state index is 13.4. The van der Waals surface area contributed by atoms with Crippen LogP contribution in [0.25, 0.3) is 10.1 Å². The van der Waals surface area contributed by atoms with Gasteiger partial charge in [0, 0.05) is 24.3 Å². The summed E-state index contributed by atoms with van der Waals surface area (Å²) in [6.07, 6.45) is 3.46. The second-order valence-corrected chi connectivity index (χ2v) is 11.5. The Bertz CT molecular complexity index is 885. The molecule has 0 amide bonds. The van der Waals surface area contributed by atoms with E-state index < -0.39 is 10.0 Å². The van der Waals surface area contributed by atoms with E-state index >= 15 is 0 Å². The number of aryl methyl sites for hydroxylation is 1. The molecule has 0 saturated heterocycles. The third-order valence-electron chi connectivity index (χ3n) is 5.55. The fourth-order valence-corrected chi connectivity index (χ4v) is 6.80. The van der Waals surface area contributed by atoms with Crippen LogP contribution in [0.1, 0.15) is 45.6 Å². The van der Waals surface area contributed by atoms with Gasteiger partial charge < -0.3 is 4.90 Å². The number of sulfonamides is 1. The lowest BCUT2D eigenvalue weighted by Crippen LogP contribution is -2.39. The van der Waals surface area contributed by atoms with Gasteiger partial charge >= 0.3 is 0 Å². The summed E-state index contributed by atoms with van der Waals surface area (Å²) >= 11 is 1.61. The molecule has 0 unspecified atom stereocenters. The SMILES string of the molecule is CCN(CCS(=O)(=O)N(CCC1CC1)c1sc2ccccc2c1C)CC(C)C. The normalized spacial score (nSPS) is 15.1. The third-order valence-corrected chi connectivity index (χ3v) is 8.70. The smallest absolute Gasteiger partial charge is 0.237 e. The van der Waals surface area contributed by atoms with Crippen LogP contribution in [-0.2, 0) is 10.0 Å². The van der Waals surface area contributed by atoms with Gasteiger partial charge in [-0.15, -0.1) is 11.3 Å². The minimum absolute atomic E-state index is 0.186. The molecule has 0 spiro atoms. The molecule has 1 aromatic carbocycles. The van der Waals surface area contributed by atoms with Gasteiger partial charge in [-0.1, -0.05) is 51.8 Å². The lowest BCUT2D eigenvalue weighted by molar-refractivity contribution is 0.270. The van der Waals surface area contributed by atoms with Crippen molar-refractivity contribution in [3.05, 3.63) is 29.8 Å². The number of thiophene rings is 1. The van der Waals surface area contributed by atoms with Crippen molar-refractivity contribution in [3.8, 4) is 0 Å². The second kappa shape index (κ2) is 9.14. The van der Waals surface area contributed by atoms with Crippen molar-refractivity contribution >= 4 is 36.4 Å². The number of nitrogens with zero attached hydrogens (tertiary/aromatic N) is 2. The summed E-state index contributed by atoms with van der Waals surface area (Å²) in [6.45, 7) is 11.6. The summed E-state index contributed by atoms with van der Waals surface area (Å²) < 4.78 is 29.7. The Balaban J connectivity index is 1.84. The standard InChI is InChI=1S/C22H34N2O2S2/c1-5-23(16-17(2)3)14-15-28(25,26)24(13-12-19-10-11-19)22-18(4)20-8-6-7-9-21(20)27-22/h6-9,17,19H,5,10-16H2,1-4H3. The van der Waals surface area contributed by atoms with E-state index in [4.69, 9.17) is 0 Å². The highest BCUT2D eigenvalue weighted by atomic mass is 32.2. The first-order valence-corrected chi connectivity index (χ1v) is 12.9. The van der Waals surface area contributed by atoms with E-state index in [2.05, 4.69) is 44.7 Å². The van der Waals surface area contributed by atoms with Crippen molar-refractivity contribution in [2.45, 2.75) is 47.0 Å². The highest BCUT2D eigenvalue weighted by Crippen LogP contribution is 2.40. The number of anilines is 1. The Morgan fingerprint density at radius 3 is 2.50 bits per heavy atom. The summed E-state index contributed by atoms with van der Waals surface area (Å²) in [4.78, 5) is 2.25. The highest BCUT2D eigenvalue weighted by Gasteiger charge is 2.30. The summed E-state index contributed by atoms with van der Waals surface area (Å²) in [5, 5.41) is 2.08. The Morgan fingerprint density at radius 1 is 1.18 bits per heavy atom. The average molecular weight is 423 g/mol. The molecule has 3 rings (SSSR count). The number of benzene rings is 1. The highest BCUT2D eigenvalue weighted by molar-refractivity contribution is 7.93. The van der Waals surface area contributed by atoms with Crippen molar-refractivity contribution in [1.82, 2.24) is 4.90 Å². The van der Waals surface area contributed by atoms with Gasteiger partial charge in [-0.2, -0.15) is 0 Å². The molecule has 0 N–H and O–H groups in total. The zero-order valence-corrected chi connectivity index (χ0v) is 19.3. The van der Waals surface area contributed by atoms with E-state index in [-0.39, 0.29) is 5.75 Å². The van der Waals surface area contributed by atoms with Crippen LogP contribution in [0.2, 0.25) is 0 Å². The molecular weight excluding hydrogens is 388 g/mol. The molecule has 0 bridgehead atoms. The molecule has 1 saturated carbocycles. The first-order chi connectivity index (χ1) is 13.3. The van der Waals surface area contributed by atoms with E-state index in [1.807, 2.05) is 12.1 Å². The first-order valence-electron chi connectivity index (χ1n) is 10.5. The van der Waals surface area contributed by atoms with Crippen LogP contribution in [0.5, 0.6) is 0 Å². The number of hydrogen-bond donors (Lipinski definition) is 0. The molecule has 1 aliphatic rings. The molecule has 1 heterocycles. The van der Waals surface area contributed by atoms with E-state index in [0.717, 1.165) is 34.8 Å². The average Bonchev–Trinajstić information content (AvgIpc) is 3.42. The fraction of sp³-hybridized carbons (Fsp3) is 0.636. The van der Waals surface area contributed by atoms with Crippen LogP contribution in [-0.4, -0.2) is 45.2 Å². The second-order valence-electron chi connectivity index (χ2n) is 8.44. The van der Waals surface area contributed by atoms with Crippen molar-refractivity contribution in [1.29, 1.82) is 0 Å². The minimum atomic E-state index is -3.35. The molecule has 28 heavy (non-hydrogen) atoms. The van der Waals surface area contributed by atoms with Crippen LogP contribution in [0.3, 0.4) is 0 Å². The molecule has 1 aromatic heterocycles. The zero-order chi connectivity index (χ0) is 20.3. The number of fused-ring (bicyclic) bond motifs is 1. The molecule has 0 radical (unpaired) electrons. The van der Waals surface area contributed by atoms with Crippen molar-refractivity contribution in [2.24, 2.45) is 11.8 Å². The van der Waals surface area contributed by atoms with Gasteiger partial charge in [0.2, 0.25) is 10.0 Å². The molecule has 0 atom stereocenters. The van der Waals surface area contributed by atoms with E-state index in [1.54, 1.807) is 15.6 Å². The predicted octanol–water partition coefficient (Wildman–Crippen LogP) is 5.12. The van der Waals surface area contributed by atoms with Gasteiger partial charge in [-0.05, 0) is 48.7 Å². The van der Waals surface area contributed by atoms with Crippen LogP contribution in [0.15, 0.2) is 24.3 Å². The lowest BCUT2D eigenvalue weighted by atomic mass is 10.2. The number of hydrogen-bond acceptors (Lipinski definition) is 4. The minimum Gasteiger partial charge on any atom is -0.302 e. The summed E-state index contributed by atoms with van der Waals surface area (Å²) in [5.41, 5.74) is 1.09. The Hall–Kier alpha value is -1.11. The molecule has 1 aliphatic carbocycles. The van der Waals surface area contributed by atoms with Gasteiger partial charge in [0.05, 0.1) is 5.75 Å². The predicted molar refractivity (Wildman–Crippen MR) is 122 cm³/mol. The molecule has 1 fully saturated rings. The Labute approximate surface area is 174 Å². The van der Waals surface area contributed by atoms with E-state index in [9.17, 15) is 8.42 Å². The molecule has 156 valence electrons. The van der Waals surface area contributed by atoms with Crippen LogP contribution in [0.4, 0.5) is 5.00 Å². The Morgan fingerprint density at radius 2 is 1.89 bits per heavy atom. The van der Waals surface area contributed by atoms with Gasteiger partial charge in [-0.25, -0.2) is 8.42 Å². The van der Waals surface area contributed by atoms with Gasteiger partial charge in [0.15, 0.2) is 0 Å². The van der Waals surface area contributed by atoms with E-state index in [1.165, 1.54) is 18.2 Å². The summed E-state index contributed by atoms with van der Waals surface area (Å²) in [5.74, 6) is 1.44. The van der Waals surface area contributed by atoms with Gasteiger partial charge in [0.1, 0.15) is 5.00 Å². The maximum Gasteiger partial charge on any atom is 0.237 e. The third kappa shape index (κ3) is 5.28. The molecule has 6 heteroatoms. The molecular formula is C22H34N2O2S2. The fourth-order valence-electron chi connectivity index (χ4n) is 3.72. The van der Waals surface area contributed by atoms with Gasteiger partial charge in [0.25, 0.3) is 0 Å². The van der Waals surface area contributed by atoms with Crippen molar-refractivity contribution in [3.63, 3.8) is 0 Å². The molecule has 0 aliphatic heterocycles.